The maximum absolute atomic E-state index is 12.2. The summed E-state index contributed by atoms with van der Waals surface area (Å²) in [6.45, 7) is 8.59. The van der Waals surface area contributed by atoms with Gasteiger partial charge in [-0.15, -0.1) is 10.2 Å². The van der Waals surface area contributed by atoms with Crippen LogP contribution in [0.3, 0.4) is 0 Å². The Morgan fingerprint density at radius 2 is 1.63 bits per heavy atom. The molecule has 0 fully saturated rings. The Morgan fingerprint density at radius 3 is 2.27 bits per heavy atom. The van der Waals surface area contributed by atoms with E-state index in [1.54, 1.807) is 0 Å². The van der Waals surface area contributed by atoms with Crippen LogP contribution in [0.15, 0.2) is 54.6 Å². The molecule has 1 heterocycles. The first-order chi connectivity index (χ1) is 14.4. The highest BCUT2D eigenvalue weighted by atomic mass is 32.1. The van der Waals surface area contributed by atoms with Crippen LogP contribution in [0.2, 0.25) is 0 Å². The number of nitrogens with zero attached hydrogens (tertiary/aromatic N) is 2. The molecule has 2 aromatic carbocycles. The van der Waals surface area contributed by atoms with Crippen molar-refractivity contribution >= 4 is 22.4 Å². The van der Waals surface area contributed by atoms with Crippen molar-refractivity contribution in [2.75, 3.05) is 11.9 Å². The fourth-order valence-electron chi connectivity index (χ4n) is 3.38. The summed E-state index contributed by atoms with van der Waals surface area (Å²) in [7, 11) is 0. The van der Waals surface area contributed by atoms with Crippen molar-refractivity contribution in [1.82, 2.24) is 10.2 Å². The normalized spacial score (nSPS) is 11.5. The molecule has 5 nitrogen and oxygen atoms in total. The first-order valence-corrected chi connectivity index (χ1v) is 11.2. The molecule has 1 N–H and O–H groups in total. The van der Waals surface area contributed by atoms with Gasteiger partial charge < -0.3 is 4.74 Å². The standard InChI is InChI=1S/C24H29N3O2S/c1-5-17(6-2)22-26-27-23(30-22)25-21(28)16-29-20-14-12-19(13-15-20)24(3,4)18-10-8-7-9-11-18/h7-15,17H,5-6,16H2,1-4H3,(H,25,27,28). The Bertz CT molecular complexity index is 948. The number of benzene rings is 2. The van der Waals surface area contributed by atoms with Gasteiger partial charge in [-0.05, 0) is 36.1 Å². The first-order valence-electron chi connectivity index (χ1n) is 10.4. The fraction of sp³-hybridized carbons (Fsp3) is 0.375. The monoisotopic (exact) mass is 423 g/mol. The van der Waals surface area contributed by atoms with Crippen LogP contribution in [0.4, 0.5) is 5.13 Å². The zero-order valence-corrected chi connectivity index (χ0v) is 18.8. The van der Waals surface area contributed by atoms with E-state index in [4.69, 9.17) is 4.74 Å². The molecule has 0 aliphatic heterocycles. The van der Waals surface area contributed by atoms with Gasteiger partial charge >= 0.3 is 0 Å². The van der Waals surface area contributed by atoms with Crippen molar-refractivity contribution in [2.45, 2.75) is 51.9 Å². The maximum atomic E-state index is 12.2. The van der Waals surface area contributed by atoms with Gasteiger partial charge in [-0.1, -0.05) is 81.5 Å². The van der Waals surface area contributed by atoms with Crippen LogP contribution in [0.5, 0.6) is 5.75 Å². The van der Waals surface area contributed by atoms with E-state index in [9.17, 15) is 4.79 Å². The third-order valence-electron chi connectivity index (χ3n) is 5.46. The van der Waals surface area contributed by atoms with Gasteiger partial charge in [0.15, 0.2) is 6.61 Å². The third kappa shape index (κ3) is 5.25. The Hall–Kier alpha value is -2.73. The number of hydrogen-bond acceptors (Lipinski definition) is 5. The van der Waals surface area contributed by atoms with E-state index in [1.807, 2.05) is 30.3 Å². The lowest BCUT2D eigenvalue weighted by atomic mass is 9.78. The second kappa shape index (κ2) is 9.85. The summed E-state index contributed by atoms with van der Waals surface area (Å²) in [5.74, 6) is 0.812. The number of carbonyl (C=O) groups is 1. The van der Waals surface area contributed by atoms with Crippen LogP contribution >= 0.6 is 11.3 Å². The lowest BCUT2D eigenvalue weighted by molar-refractivity contribution is -0.118. The number of amides is 1. The average Bonchev–Trinajstić information content (AvgIpc) is 3.22. The Morgan fingerprint density at radius 1 is 1.00 bits per heavy atom. The van der Waals surface area contributed by atoms with Gasteiger partial charge in [0.25, 0.3) is 5.91 Å². The number of nitrogens with one attached hydrogen (secondary N) is 1. The molecule has 30 heavy (non-hydrogen) atoms. The second-order valence-electron chi connectivity index (χ2n) is 7.81. The molecular formula is C24H29N3O2S. The Kier molecular flexibility index (Phi) is 7.21. The van der Waals surface area contributed by atoms with Crippen molar-refractivity contribution in [2.24, 2.45) is 0 Å². The molecule has 158 valence electrons. The second-order valence-corrected chi connectivity index (χ2v) is 8.82. The molecule has 0 saturated heterocycles. The maximum Gasteiger partial charge on any atom is 0.264 e. The van der Waals surface area contributed by atoms with Gasteiger partial charge in [0.05, 0.1) is 0 Å². The number of hydrogen-bond donors (Lipinski definition) is 1. The van der Waals surface area contributed by atoms with Crippen molar-refractivity contribution < 1.29 is 9.53 Å². The zero-order chi connectivity index (χ0) is 21.6. The number of anilines is 1. The van der Waals surface area contributed by atoms with Crippen molar-refractivity contribution in [3.05, 3.63) is 70.7 Å². The smallest absolute Gasteiger partial charge is 0.264 e. The third-order valence-corrected chi connectivity index (χ3v) is 6.46. The minimum atomic E-state index is -0.240. The van der Waals surface area contributed by atoms with Crippen LogP contribution in [0.1, 0.15) is 62.6 Å². The van der Waals surface area contributed by atoms with Gasteiger partial charge in [0, 0.05) is 11.3 Å². The fourth-order valence-corrected chi connectivity index (χ4v) is 4.41. The summed E-state index contributed by atoms with van der Waals surface area (Å²) in [4.78, 5) is 12.2. The van der Waals surface area contributed by atoms with E-state index >= 15 is 0 Å². The molecule has 0 unspecified atom stereocenters. The largest absolute Gasteiger partial charge is 0.484 e. The molecule has 0 bridgehead atoms. The minimum absolute atomic E-state index is 0.0681. The van der Waals surface area contributed by atoms with E-state index in [1.165, 1.54) is 22.5 Å². The molecule has 0 atom stereocenters. The predicted molar refractivity (Wildman–Crippen MR) is 122 cm³/mol. The number of rotatable bonds is 9. The van der Waals surface area contributed by atoms with Crippen molar-refractivity contribution in [3.8, 4) is 5.75 Å². The minimum Gasteiger partial charge on any atom is -0.484 e. The Labute approximate surface area is 182 Å². The van der Waals surface area contributed by atoms with E-state index in [-0.39, 0.29) is 17.9 Å². The summed E-state index contributed by atoms with van der Waals surface area (Å²) in [5.41, 5.74) is 2.33. The summed E-state index contributed by atoms with van der Waals surface area (Å²) in [6, 6.07) is 18.3. The molecule has 1 amide bonds. The summed E-state index contributed by atoms with van der Waals surface area (Å²) < 4.78 is 5.65. The molecule has 0 aliphatic carbocycles. The van der Waals surface area contributed by atoms with Crippen molar-refractivity contribution in [1.29, 1.82) is 0 Å². The van der Waals surface area contributed by atoms with Gasteiger partial charge in [0.1, 0.15) is 10.8 Å². The summed E-state index contributed by atoms with van der Waals surface area (Å²) in [5, 5.41) is 12.5. The van der Waals surface area contributed by atoms with Crippen LogP contribution in [-0.4, -0.2) is 22.7 Å². The highest BCUT2D eigenvalue weighted by Crippen LogP contribution is 2.32. The Balaban J connectivity index is 1.56. The van der Waals surface area contributed by atoms with Gasteiger partial charge in [-0.2, -0.15) is 0 Å². The molecule has 3 rings (SSSR count). The molecule has 0 radical (unpaired) electrons. The number of carbonyl (C=O) groups excluding carboxylic acids is 1. The van der Waals surface area contributed by atoms with Crippen LogP contribution in [0.25, 0.3) is 0 Å². The van der Waals surface area contributed by atoms with Crippen LogP contribution in [0, 0.1) is 0 Å². The van der Waals surface area contributed by atoms with E-state index < -0.39 is 0 Å². The number of ether oxygens (including phenoxy) is 1. The van der Waals surface area contributed by atoms with Gasteiger partial charge in [-0.25, -0.2) is 0 Å². The predicted octanol–water partition coefficient (Wildman–Crippen LogP) is 5.79. The van der Waals surface area contributed by atoms with Gasteiger partial charge in [0.2, 0.25) is 5.13 Å². The van der Waals surface area contributed by atoms with Crippen molar-refractivity contribution in [3.63, 3.8) is 0 Å². The van der Waals surface area contributed by atoms with Crippen LogP contribution in [-0.2, 0) is 10.2 Å². The van der Waals surface area contributed by atoms with E-state index in [0.717, 1.165) is 17.8 Å². The quantitative estimate of drug-likeness (QED) is 0.473. The van der Waals surface area contributed by atoms with E-state index in [2.05, 4.69) is 67.5 Å². The highest BCUT2D eigenvalue weighted by Gasteiger charge is 2.22. The molecule has 1 aromatic heterocycles. The summed E-state index contributed by atoms with van der Waals surface area (Å²) in [6.07, 6.45) is 2.03. The lowest BCUT2D eigenvalue weighted by Crippen LogP contribution is -2.20. The lowest BCUT2D eigenvalue weighted by Gasteiger charge is -2.26. The van der Waals surface area contributed by atoms with E-state index in [0.29, 0.717) is 16.8 Å². The molecule has 0 aliphatic rings. The highest BCUT2D eigenvalue weighted by molar-refractivity contribution is 7.15. The molecule has 0 saturated carbocycles. The SMILES string of the molecule is CCC(CC)c1nnc(NC(=O)COc2ccc(C(C)(C)c3ccccc3)cc2)s1. The molecule has 6 heteroatoms. The molecular weight excluding hydrogens is 394 g/mol. The average molecular weight is 424 g/mol. The first kappa shape index (κ1) is 22.0. The van der Waals surface area contributed by atoms with Gasteiger partial charge in [-0.3, -0.25) is 10.1 Å². The van der Waals surface area contributed by atoms with Crippen LogP contribution < -0.4 is 10.1 Å². The molecule has 3 aromatic rings. The topological polar surface area (TPSA) is 64.1 Å². The number of aromatic nitrogens is 2. The zero-order valence-electron chi connectivity index (χ0n) is 18.0. The molecule has 0 spiro atoms. The summed E-state index contributed by atoms with van der Waals surface area (Å²) >= 11 is 1.43.